The Morgan fingerprint density at radius 1 is 1.33 bits per heavy atom. The maximum Gasteiger partial charge on any atom is 0.191 e. The van der Waals surface area contributed by atoms with E-state index in [9.17, 15) is 0 Å². The van der Waals surface area contributed by atoms with Gasteiger partial charge in [-0.25, -0.2) is 0 Å². The molecule has 0 aliphatic heterocycles. The minimum Gasteiger partial charge on any atom is -0.354 e. The Morgan fingerprint density at radius 2 is 2.10 bits per heavy atom. The summed E-state index contributed by atoms with van der Waals surface area (Å²) in [5.74, 6) is 1.66. The molecule has 0 bridgehead atoms. The molecule has 2 atom stereocenters. The van der Waals surface area contributed by atoms with E-state index < -0.39 is 0 Å². The van der Waals surface area contributed by atoms with E-state index in [2.05, 4.69) is 28.6 Å². The second kappa shape index (κ2) is 7.68. The van der Waals surface area contributed by atoms with Crippen molar-refractivity contribution in [2.75, 3.05) is 7.05 Å². The third kappa shape index (κ3) is 4.78. The van der Waals surface area contributed by atoms with Crippen molar-refractivity contribution in [3.63, 3.8) is 0 Å². The first kappa shape index (κ1) is 15.4. The topological polar surface area (TPSA) is 60.2 Å². The maximum atomic E-state index is 8.79. The highest BCUT2D eigenvalue weighted by molar-refractivity contribution is 5.79. The first-order valence-corrected chi connectivity index (χ1v) is 7.67. The third-order valence-corrected chi connectivity index (χ3v) is 4.04. The minimum atomic E-state index is 0.529. The van der Waals surface area contributed by atoms with Crippen molar-refractivity contribution < 1.29 is 0 Å². The van der Waals surface area contributed by atoms with E-state index in [1.165, 1.54) is 25.7 Å². The quantitative estimate of drug-likeness (QED) is 0.663. The van der Waals surface area contributed by atoms with Crippen LogP contribution < -0.4 is 10.6 Å². The Kier molecular flexibility index (Phi) is 5.62. The molecule has 1 aliphatic carbocycles. The number of hydrogen-bond acceptors (Lipinski definition) is 2. The van der Waals surface area contributed by atoms with E-state index >= 15 is 0 Å². The monoisotopic (exact) mass is 284 g/mol. The fourth-order valence-electron chi connectivity index (χ4n) is 2.84. The first-order valence-electron chi connectivity index (χ1n) is 7.67. The number of guanidine groups is 1. The number of nitrogens with one attached hydrogen (secondary N) is 2. The molecule has 1 fully saturated rings. The van der Waals surface area contributed by atoms with Crippen LogP contribution in [0.3, 0.4) is 0 Å². The number of nitrogens with zero attached hydrogens (tertiary/aromatic N) is 2. The van der Waals surface area contributed by atoms with Crippen LogP contribution in [0.4, 0.5) is 0 Å². The molecule has 0 amide bonds. The molecule has 21 heavy (non-hydrogen) atoms. The van der Waals surface area contributed by atoms with Crippen LogP contribution in [0.1, 0.15) is 43.7 Å². The van der Waals surface area contributed by atoms with E-state index in [1.807, 2.05) is 24.3 Å². The molecule has 2 N–H and O–H groups in total. The normalized spacial score (nSPS) is 22.4. The fourth-order valence-corrected chi connectivity index (χ4v) is 2.84. The molecule has 0 heterocycles. The van der Waals surface area contributed by atoms with Crippen molar-refractivity contribution in [2.45, 2.75) is 45.2 Å². The van der Waals surface area contributed by atoms with Crippen molar-refractivity contribution in [3.05, 3.63) is 35.4 Å². The van der Waals surface area contributed by atoms with Gasteiger partial charge in [-0.05, 0) is 36.5 Å². The number of benzene rings is 1. The summed E-state index contributed by atoms with van der Waals surface area (Å²) in [5.41, 5.74) is 1.84. The van der Waals surface area contributed by atoms with Crippen LogP contribution in [-0.2, 0) is 6.54 Å². The van der Waals surface area contributed by atoms with Crippen molar-refractivity contribution >= 4 is 5.96 Å². The molecular weight excluding hydrogens is 260 g/mol. The molecule has 1 aromatic carbocycles. The van der Waals surface area contributed by atoms with Gasteiger partial charge in [0, 0.05) is 19.6 Å². The number of nitriles is 1. The largest absolute Gasteiger partial charge is 0.354 e. The molecular formula is C17H24N4. The summed E-state index contributed by atoms with van der Waals surface area (Å²) in [6, 6.07) is 10.3. The van der Waals surface area contributed by atoms with E-state index in [0.29, 0.717) is 18.2 Å². The predicted octanol–water partition coefficient (Wildman–Crippen LogP) is 2.80. The average Bonchev–Trinajstić information content (AvgIpc) is 2.52. The van der Waals surface area contributed by atoms with Crippen LogP contribution in [0.2, 0.25) is 0 Å². The second-order valence-electron chi connectivity index (χ2n) is 5.85. The average molecular weight is 284 g/mol. The lowest BCUT2D eigenvalue weighted by molar-refractivity contribution is 0.324. The van der Waals surface area contributed by atoms with Crippen LogP contribution in [0.25, 0.3) is 0 Å². The van der Waals surface area contributed by atoms with Crippen molar-refractivity contribution in [1.29, 1.82) is 5.26 Å². The highest BCUT2D eigenvalue weighted by atomic mass is 15.2. The summed E-state index contributed by atoms with van der Waals surface area (Å²) >= 11 is 0. The van der Waals surface area contributed by atoms with Gasteiger partial charge in [-0.3, -0.25) is 4.99 Å². The summed E-state index contributed by atoms with van der Waals surface area (Å²) in [6.07, 6.45) is 5.08. The number of rotatable bonds is 3. The SMILES string of the molecule is CN=C(NCc1ccc(C#N)cc1)NC1CCCC(C)C1. The Hall–Kier alpha value is -2.02. The van der Waals surface area contributed by atoms with Gasteiger partial charge in [0.15, 0.2) is 5.96 Å². The minimum absolute atomic E-state index is 0.529. The summed E-state index contributed by atoms with van der Waals surface area (Å²) in [4.78, 5) is 4.30. The molecule has 1 saturated carbocycles. The van der Waals surface area contributed by atoms with Crippen molar-refractivity contribution in [3.8, 4) is 6.07 Å². The van der Waals surface area contributed by atoms with Gasteiger partial charge in [0.05, 0.1) is 11.6 Å². The Bertz CT molecular complexity index is 513. The second-order valence-corrected chi connectivity index (χ2v) is 5.85. The standard InChI is InChI=1S/C17H24N4/c1-13-4-3-5-16(10-13)21-17(19-2)20-12-15-8-6-14(11-18)7-9-15/h6-9,13,16H,3-5,10,12H2,1-2H3,(H2,19,20,21). The molecule has 4 nitrogen and oxygen atoms in total. The van der Waals surface area contributed by atoms with Crippen LogP contribution in [0.15, 0.2) is 29.3 Å². The predicted molar refractivity (Wildman–Crippen MR) is 85.9 cm³/mol. The molecule has 1 aromatic rings. The summed E-state index contributed by atoms with van der Waals surface area (Å²) in [5, 5.41) is 15.7. The molecule has 2 rings (SSSR count). The van der Waals surface area contributed by atoms with Gasteiger partial charge in [0.1, 0.15) is 0 Å². The lowest BCUT2D eigenvalue weighted by Gasteiger charge is -2.28. The summed E-state index contributed by atoms with van der Waals surface area (Å²) in [6.45, 7) is 3.04. The van der Waals surface area contributed by atoms with Crippen molar-refractivity contribution in [2.24, 2.45) is 10.9 Å². The molecule has 0 spiro atoms. The number of hydrogen-bond donors (Lipinski definition) is 2. The van der Waals surface area contributed by atoms with Gasteiger partial charge in [0.25, 0.3) is 0 Å². The number of aliphatic imine (C=N–C) groups is 1. The molecule has 0 radical (unpaired) electrons. The van der Waals surface area contributed by atoms with Crippen LogP contribution >= 0.6 is 0 Å². The molecule has 2 unspecified atom stereocenters. The van der Waals surface area contributed by atoms with E-state index in [-0.39, 0.29) is 0 Å². The Morgan fingerprint density at radius 3 is 2.71 bits per heavy atom. The van der Waals surface area contributed by atoms with Gasteiger partial charge in [-0.1, -0.05) is 31.9 Å². The lowest BCUT2D eigenvalue weighted by atomic mass is 9.87. The zero-order valence-corrected chi connectivity index (χ0v) is 12.9. The smallest absolute Gasteiger partial charge is 0.191 e. The van der Waals surface area contributed by atoms with Crippen LogP contribution in [-0.4, -0.2) is 19.0 Å². The van der Waals surface area contributed by atoms with Crippen molar-refractivity contribution in [1.82, 2.24) is 10.6 Å². The fraction of sp³-hybridized carbons (Fsp3) is 0.529. The maximum absolute atomic E-state index is 8.79. The summed E-state index contributed by atoms with van der Waals surface area (Å²) in [7, 11) is 1.81. The van der Waals surface area contributed by atoms with Gasteiger partial charge in [-0.2, -0.15) is 5.26 Å². The lowest BCUT2D eigenvalue weighted by Crippen LogP contribution is -2.44. The van der Waals surface area contributed by atoms with E-state index in [0.717, 1.165) is 17.4 Å². The van der Waals surface area contributed by atoms with Crippen LogP contribution in [0.5, 0.6) is 0 Å². The van der Waals surface area contributed by atoms with E-state index in [4.69, 9.17) is 5.26 Å². The Labute approximate surface area is 127 Å². The molecule has 0 aromatic heterocycles. The van der Waals surface area contributed by atoms with Crippen LogP contribution in [0, 0.1) is 17.2 Å². The summed E-state index contributed by atoms with van der Waals surface area (Å²) < 4.78 is 0. The van der Waals surface area contributed by atoms with Gasteiger partial charge in [-0.15, -0.1) is 0 Å². The zero-order valence-electron chi connectivity index (χ0n) is 12.9. The molecule has 0 saturated heterocycles. The zero-order chi connectivity index (χ0) is 15.1. The van der Waals surface area contributed by atoms with Gasteiger partial charge in [0.2, 0.25) is 0 Å². The molecule has 112 valence electrons. The molecule has 1 aliphatic rings. The van der Waals surface area contributed by atoms with E-state index in [1.54, 1.807) is 7.05 Å². The van der Waals surface area contributed by atoms with Gasteiger partial charge >= 0.3 is 0 Å². The first-order chi connectivity index (χ1) is 10.2. The highest BCUT2D eigenvalue weighted by Crippen LogP contribution is 2.23. The molecule has 4 heteroatoms. The third-order valence-electron chi connectivity index (χ3n) is 4.04. The Balaban J connectivity index is 1.83. The highest BCUT2D eigenvalue weighted by Gasteiger charge is 2.19. The van der Waals surface area contributed by atoms with Gasteiger partial charge < -0.3 is 10.6 Å².